The molecule has 15 heavy (non-hydrogen) atoms. The highest BCUT2D eigenvalue weighted by Crippen LogP contribution is 2.28. The lowest BCUT2D eigenvalue weighted by Gasteiger charge is -2.35. The third-order valence-electron chi connectivity index (χ3n) is 3.17. The second-order valence-corrected chi connectivity index (χ2v) is 5.52. The maximum absolute atomic E-state index is 9.38. The van der Waals surface area contributed by atoms with E-state index in [1.165, 1.54) is 12.8 Å². The Bertz CT molecular complexity index is 186. The molecule has 1 atom stereocenters. The van der Waals surface area contributed by atoms with E-state index in [0.717, 1.165) is 19.1 Å². The van der Waals surface area contributed by atoms with Crippen molar-refractivity contribution < 1.29 is 5.11 Å². The van der Waals surface area contributed by atoms with Gasteiger partial charge in [-0.15, -0.1) is 0 Å². The van der Waals surface area contributed by atoms with Crippen molar-refractivity contribution in [1.29, 1.82) is 0 Å². The third kappa shape index (κ3) is 4.09. The molecule has 1 aliphatic rings. The minimum atomic E-state index is -0.155. The molecule has 0 radical (unpaired) electrons. The van der Waals surface area contributed by atoms with Crippen molar-refractivity contribution in [2.75, 3.05) is 26.7 Å². The van der Waals surface area contributed by atoms with Gasteiger partial charge in [-0.05, 0) is 32.7 Å². The van der Waals surface area contributed by atoms with Crippen molar-refractivity contribution >= 4 is 0 Å². The van der Waals surface area contributed by atoms with Crippen molar-refractivity contribution in [3.8, 4) is 0 Å². The normalized spacial score (nSPS) is 21.0. The first kappa shape index (κ1) is 12.9. The van der Waals surface area contributed by atoms with Crippen LogP contribution in [0.3, 0.4) is 0 Å². The van der Waals surface area contributed by atoms with Crippen LogP contribution < -0.4 is 5.32 Å². The van der Waals surface area contributed by atoms with E-state index in [1.54, 1.807) is 0 Å². The second-order valence-electron chi connectivity index (χ2n) is 5.52. The van der Waals surface area contributed by atoms with Gasteiger partial charge in [0, 0.05) is 19.1 Å². The van der Waals surface area contributed by atoms with E-state index in [4.69, 9.17) is 0 Å². The summed E-state index contributed by atoms with van der Waals surface area (Å²) >= 11 is 0. The van der Waals surface area contributed by atoms with Gasteiger partial charge >= 0.3 is 0 Å². The Kier molecular flexibility index (Phi) is 4.56. The quantitative estimate of drug-likeness (QED) is 0.665. The van der Waals surface area contributed by atoms with Crippen LogP contribution in [0.1, 0.15) is 33.6 Å². The van der Waals surface area contributed by atoms with Gasteiger partial charge in [0.15, 0.2) is 0 Å². The average Bonchev–Trinajstić information content (AvgIpc) is 2.99. The van der Waals surface area contributed by atoms with Crippen molar-refractivity contribution in [3.05, 3.63) is 0 Å². The number of aliphatic hydroxyl groups excluding tert-OH is 1. The van der Waals surface area contributed by atoms with Crippen molar-refractivity contribution in [2.45, 2.75) is 45.2 Å². The van der Waals surface area contributed by atoms with Gasteiger partial charge in [-0.25, -0.2) is 0 Å². The van der Waals surface area contributed by atoms with Crippen molar-refractivity contribution in [3.63, 3.8) is 0 Å². The van der Waals surface area contributed by atoms with Gasteiger partial charge in [-0.1, -0.05) is 13.8 Å². The Morgan fingerprint density at radius 3 is 2.40 bits per heavy atom. The van der Waals surface area contributed by atoms with E-state index in [9.17, 15) is 5.11 Å². The summed E-state index contributed by atoms with van der Waals surface area (Å²) in [7, 11) is 1.93. The summed E-state index contributed by atoms with van der Waals surface area (Å²) in [5.74, 6) is 0.699. The van der Waals surface area contributed by atoms with Crippen molar-refractivity contribution in [2.24, 2.45) is 5.92 Å². The van der Waals surface area contributed by atoms with Crippen LogP contribution in [0.5, 0.6) is 0 Å². The van der Waals surface area contributed by atoms with E-state index in [-0.39, 0.29) is 12.1 Å². The fraction of sp³-hybridized carbons (Fsp3) is 1.00. The predicted molar refractivity (Wildman–Crippen MR) is 64.0 cm³/mol. The molecule has 3 nitrogen and oxygen atoms in total. The minimum absolute atomic E-state index is 0.155. The molecule has 0 heterocycles. The lowest BCUT2D eigenvalue weighted by Crippen LogP contribution is -2.53. The van der Waals surface area contributed by atoms with E-state index in [1.807, 2.05) is 7.05 Å². The number of nitrogens with zero attached hydrogens (tertiary/aromatic N) is 1. The second kappa shape index (κ2) is 5.28. The zero-order chi connectivity index (χ0) is 11.5. The highest BCUT2D eigenvalue weighted by Gasteiger charge is 2.34. The zero-order valence-corrected chi connectivity index (χ0v) is 10.6. The Labute approximate surface area is 93.9 Å². The number of rotatable bonds is 7. The summed E-state index contributed by atoms with van der Waals surface area (Å²) in [5.41, 5.74) is -0.155. The average molecular weight is 214 g/mol. The first-order valence-electron chi connectivity index (χ1n) is 6.04. The number of likely N-dealkylation sites (N-methyl/N-ethyl adjacent to an activating group) is 1. The molecule has 0 aliphatic heterocycles. The van der Waals surface area contributed by atoms with E-state index >= 15 is 0 Å². The van der Waals surface area contributed by atoms with Gasteiger partial charge in [-0.3, -0.25) is 4.90 Å². The molecule has 1 unspecified atom stereocenters. The molecule has 0 amide bonds. The first-order chi connectivity index (χ1) is 7.00. The molecule has 2 N–H and O–H groups in total. The fourth-order valence-corrected chi connectivity index (χ4v) is 1.91. The Morgan fingerprint density at radius 1 is 1.47 bits per heavy atom. The van der Waals surface area contributed by atoms with Gasteiger partial charge in [-0.2, -0.15) is 0 Å². The maximum Gasteiger partial charge on any atom is 0.0623 e. The smallest absolute Gasteiger partial charge is 0.0623 e. The van der Waals surface area contributed by atoms with Crippen LogP contribution in [0.4, 0.5) is 0 Å². The van der Waals surface area contributed by atoms with Gasteiger partial charge in [0.25, 0.3) is 0 Å². The number of nitrogens with one attached hydrogen (secondary N) is 1. The number of aliphatic hydroxyl groups is 1. The maximum atomic E-state index is 9.38. The van der Waals surface area contributed by atoms with Gasteiger partial charge in [0.05, 0.1) is 12.1 Å². The largest absolute Gasteiger partial charge is 0.394 e. The fourth-order valence-electron chi connectivity index (χ4n) is 1.91. The highest BCUT2D eigenvalue weighted by atomic mass is 16.3. The number of hydrogen-bond acceptors (Lipinski definition) is 3. The Hall–Kier alpha value is -0.120. The molecule has 3 heteroatoms. The molecule has 0 spiro atoms. The molecular formula is C12H26N2O. The molecule has 0 aromatic carbocycles. The summed E-state index contributed by atoms with van der Waals surface area (Å²) in [4.78, 5) is 2.53. The van der Waals surface area contributed by atoms with Crippen LogP contribution in [-0.4, -0.2) is 48.3 Å². The summed E-state index contributed by atoms with van der Waals surface area (Å²) in [6.07, 6.45) is 2.66. The van der Waals surface area contributed by atoms with Gasteiger partial charge in [0.2, 0.25) is 0 Å². The van der Waals surface area contributed by atoms with Crippen LogP contribution in [-0.2, 0) is 0 Å². The lowest BCUT2D eigenvalue weighted by molar-refractivity contribution is 0.114. The van der Waals surface area contributed by atoms with Crippen LogP contribution in [0.25, 0.3) is 0 Å². The molecule has 90 valence electrons. The van der Waals surface area contributed by atoms with E-state index in [0.29, 0.717) is 5.92 Å². The molecule has 1 saturated carbocycles. The van der Waals surface area contributed by atoms with E-state index in [2.05, 4.69) is 31.0 Å². The minimum Gasteiger partial charge on any atom is -0.394 e. The molecule has 1 fully saturated rings. The van der Waals surface area contributed by atoms with Gasteiger partial charge in [0.1, 0.15) is 0 Å². The molecular weight excluding hydrogens is 188 g/mol. The monoisotopic (exact) mass is 214 g/mol. The van der Waals surface area contributed by atoms with Crippen LogP contribution in [0, 0.1) is 5.92 Å². The van der Waals surface area contributed by atoms with Crippen LogP contribution in [0.2, 0.25) is 0 Å². The summed E-state index contributed by atoms with van der Waals surface area (Å²) in [5, 5.41) is 12.6. The first-order valence-corrected chi connectivity index (χ1v) is 6.04. The molecule has 0 saturated heterocycles. The van der Waals surface area contributed by atoms with Crippen molar-refractivity contribution in [1.82, 2.24) is 10.2 Å². The zero-order valence-electron chi connectivity index (χ0n) is 10.6. The summed E-state index contributed by atoms with van der Waals surface area (Å²) in [6.45, 7) is 8.88. The van der Waals surface area contributed by atoms with Gasteiger partial charge < -0.3 is 10.4 Å². The topological polar surface area (TPSA) is 35.5 Å². The predicted octanol–water partition coefficient (Wildman–Crippen LogP) is 1.08. The Morgan fingerprint density at radius 2 is 2.07 bits per heavy atom. The summed E-state index contributed by atoms with van der Waals surface area (Å²) < 4.78 is 0. The third-order valence-corrected chi connectivity index (χ3v) is 3.17. The molecule has 1 rings (SSSR count). The number of hydrogen-bond donors (Lipinski definition) is 2. The lowest BCUT2D eigenvalue weighted by atomic mass is 10.0. The summed E-state index contributed by atoms with van der Waals surface area (Å²) in [6, 6.07) is 0.770. The van der Waals surface area contributed by atoms with E-state index < -0.39 is 0 Å². The Balaban J connectivity index is 2.49. The molecule has 0 aromatic rings. The molecule has 1 aliphatic carbocycles. The SMILES string of the molecule is CNC(C)(CO)CN(CC(C)C)C1CC1. The molecule has 0 bridgehead atoms. The molecule has 0 aromatic heterocycles. The standard InChI is InChI=1S/C12H26N2O/c1-10(2)7-14(11-5-6-11)8-12(3,9-15)13-4/h10-11,13,15H,5-9H2,1-4H3. The highest BCUT2D eigenvalue weighted by molar-refractivity contribution is 4.92. The van der Waals surface area contributed by atoms with Crippen LogP contribution in [0.15, 0.2) is 0 Å². The van der Waals surface area contributed by atoms with Crippen LogP contribution >= 0.6 is 0 Å².